The Hall–Kier alpha value is -4.66. The Kier molecular flexibility index (Phi) is 6.61. The van der Waals surface area contributed by atoms with Crippen LogP contribution in [0.5, 0.6) is 0 Å². The minimum absolute atomic E-state index is 0.0342. The average Bonchev–Trinajstić information content (AvgIpc) is 3.59. The molecular formula is C27H24N6O3. The van der Waals surface area contributed by atoms with Gasteiger partial charge in [0.1, 0.15) is 18.1 Å². The first-order chi connectivity index (χ1) is 17.6. The largest absolute Gasteiger partial charge is 0.347 e. The predicted octanol–water partition coefficient (Wildman–Crippen LogP) is 2.52. The maximum absolute atomic E-state index is 13.2. The molecule has 0 radical (unpaired) electrons. The zero-order chi connectivity index (χ0) is 24.9. The van der Waals surface area contributed by atoms with Crippen molar-refractivity contribution in [2.75, 3.05) is 0 Å². The Morgan fingerprint density at radius 1 is 0.889 bits per heavy atom. The van der Waals surface area contributed by atoms with Crippen molar-refractivity contribution in [3.05, 3.63) is 96.8 Å². The van der Waals surface area contributed by atoms with Crippen LogP contribution in [0, 0.1) is 0 Å². The lowest BCUT2D eigenvalue weighted by atomic mass is 10.0. The molecule has 1 atom stereocenters. The number of carbonyl (C=O) groups excluding carboxylic acids is 3. The van der Waals surface area contributed by atoms with Crippen molar-refractivity contribution in [3.63, 3.8) is 0 Å². The molecule has 2 aromatic heterocycles. The average molecular weight is 481 g/mol. The van der Waals surface area contributed by atoms with Crippen LogP contribution in [0.3, 0.4) is 0 Å². The Morgan fingerprint density at radius 3 is 2.22 bits per heavy atom. The van der Waals surface area contributed by atoms with E-state index in [1.54, 1.807) is 12.4 Å². The number of hydrogen-bond donors (Lipinski definition) is 2. The molecule has 1 saturated carbocycles. The van der Waals surface area contributed by atoms with E-state index >= 15 is 0 Å². The van der Waals surface area contributed by atoms with E-state index in [4.69, 9.17) is 0 Å². The molecular weight excluding hydrogens is 456 g/mol. The van der Waals surface area contributed by atoms with E-state index in [0.717, 1.165) is 29.5 Å². The third-order valence-corrected chi connectivity index (χ3v) is 5.87. The summed E-state index contributed by atoms with van der Waals surface area (Å²) in [7, 11) is 0. The monoisotopic (exact) mass is 480 g/mol. The van der Waals surface area contributed by atoms with Gasteiger partial charge in [0.15, 0.2) is 0 Å². The SMILES string of the molecule is O=C(NC1CC1)C(=O)[C@H](Cc1ccccc1)NC(=O)c1cncn1-c1ncc(-c2ccccc2)cn1. The molecule has 0 bridgehead atoms. The number of rotatable bonds is 9. The summed E-state index contributed by atoms with van der Waals surface area (Å²) < 4.78 is 1.44. The summed E-state index contributed by atoms with van der Waals surface area (Å²) in [6.07, 6.45) is 8.04. The van der Waals surface area contributed by atoms with Gasteiger partial charge in [-0.15, -0.1) is 0 Å². The fourth-order valence-corrected chi connectivity index (χ4v) is 3.78. The fourth-order valence-electron chi connectivity index (χ4n) is 3.78. The number of Topliss-reactive ketones (excluding diaryl/α,β-unsaturated/α-hetero) is 1. The van der Waals surface area contributed by atoms with E-state index in [2.05, 4.69) is 25.6 Å². The molecule has 9 heteroatoms. The molecule has 180 valence electrons. The van der Waals surface area contributed by atoms with Crippen LogP contribution in [0.2, 0.25) is 0 Å². The Bertz CT molecular complexity index is 1370. The van der Waals surface area contributed by atoms with Crippen LogP contribution in [-0.4, -0.2) is 49.2 Å². The Balaban J connectivity index is 1.35. The van der Waals surface area contributed by atoms with Gasteiger partial charge in [0, 0.05) is 30.4 Å². The highest BCUT2D eigenvalue weighted by Gasteiger charge is 2.32. The molecule has 1 aliphatic rings. The van der Waals surface area contributed by atoms with Crippen LogP contribution in [-0.2, 0) is 16.0 Å². The summed E-state index contributed by atoms with van der Waals surface area (Å²) in [5.74, 6) is -1.67. The number of aromatic nitrogens is 4. The van der Waals surface area contributed by atoms with Crippen LogP contribution < -0.4 is 10.6 Å². The van der Waals surface area contributed by atoms with Crippen LogP contribution in [0.1, 0.15) is 28.9 Å². The molecule has 9 nitrogen and oxygen atoms in total. The Morgan fingerprint density at radius 2 is 1.56 bits per heavy atom. The standard InChI is InChI=1S/C27H24N6O3/c34-24(26(36)31-21-11-12-21)22(13-18-7-3-1-4-8-18)32-25(35)23-16-28-17-33(23)27-29-14-20(15-30-27)19-9-5-2-6-10-19/h1-10,14-17,21-22H,11-13H2,(H,31,36)(H,32,35)/t22-/m0/s1. The maximum atomic E-state index is 13.2. The molecule has 2 heterocycles. The van der Waals surface area contributed by atoms with E-state index < -0.39 is 23.6 Å². The normalized spacial score (nSPS) is 13.6. The molecule has 0 saturated heterocycles. The quantitative estimate of drug-likeness (QED) is 0.356. The lowest BCUT2D eigenvalue weighted by Crippen LogP contribution is -2.49. The van der Waals surface area contributed by atoms with Gasteiger partial charge in [0.05, 0.1) is 6.20 Å². The van der Waals surface area contributed by atoms with Crippen LogP contribution in [0.4, 0.5) is 0 Å². The van der Waals surface area contributed by atoms with Crippen molar-refractivity contribution in [2.45, 2.75) is 31.3 Å². The number of nitrogens with one attached hydrogen (secondary N) is 2. The van der Waals surface area contributed by atoms with Gasteiger partial charge in [0.25, 0.3) is 11.8 Å². The first kappa shape index (κ1) is 23.1. The molecule has 4 aromatic rings. The molecule has 2 amide bonds. The summed E-state index contributed by atoms with van der Waals surface area (Å²) in [6.45, 7) is 0. The molecule has 2 aromatic carbocycles. The van der Waals surface area contributed by atoms with Crippen molar-refractivity contribution >= 4 is 17.6 Å². The number of benzene rings is 2. The summed E-state index contributed by atoms with van der Waals surface area (Å²) in [6, 6.07) is 17.9. The van der Waals surface area contributed by atoms with Gasteiger partial charge < -0.3 is 10.6 Å². The highest BCUT2D eigenvalue weighted by Crippen LogP contribution is 2.19. The lowest BCUT2D eigenvalue weighted by Gasteiger charge is -2.18. The van der Waals surface area contributed by atoms with Crippen LogP contribution in [0.15, 0.2) is 85.6 Å². The van der Waals surface area contributed by atoms with Crippen molar-refractivity contribution < 1.29 is 14.4 Å². The molecule has 0 unspecified atom stereocenters. The second-order valence-electron chi connectivity index (χ2n) is 8.61. The number of imidazole rings is 1. The molecule has 5 rings (SSSR count). The predicted molar refractivity (Wildman–Crippen MR) is 132 cm³/mol. The first-order valence-electron chi connectivity index (χ1n) is 11.7. The zero-order valence-electron chi connectivity index (χ0n) is 19.4. The van der Waals surface area contributed by atoms with E-state index in [1.165, 1.54) is 17.1 Å². The van der Waals surface area contributed by atoms with Crippen LogP contribution >= 0.6 is 0 Å². The highest BCUT2D eigenvalue weighted by atomic mass is 16.2. The molecule has 1 aliphatic carbocycles. The van der Waals surface area contributed by atoms with Gasteiger partial charge >= 0.3 is 0 Å². The molecule has 0 spiro atoms. The zero-order valence-corrected chi connectivity index (χ0v) is 19.4. The fraction of sp³-hybridized carbons (Fsp3) is 0.185. The summed E-state index contributed by atoms with van der Waals surface area (Å²) in [5, 5.41) is 5.43. The first-order valence-corrected chi connectivity index (χ1v) is 11.7. The van der Waals surface area contributed by atoms with Gasteiger partial charge in [-0.3, -0.25) is 19.0 Å². The number of nitrogens with zero attached hydrogens (tertiary/aromatic N) is 4. The molecule has 36 heavy (non-hydrogen) atoms. The second-order valence-corrected chi connectivity index (χ2v) is 8.61. The minimum Gasteiger partial charge on any atom is -0.347 e. The van der Waals surface area contributed by atoms with Gasteiger partial charge in [0.2, 0.25) is 11.7 Å². The Labute approximate surface area is 207 Å². The van der Waals surface area contributed by atoms with E-state index in [0.29, 0.717) is 0 Å². The topological polar surface area (TPSA) is 119 Å². The number of amides is 2. The van der Waals surface area contributed by atoms with Gasteiger partial charge in [-0.2, -0.15) is 0 Å². The van der Waals surface area contributed by atoms with Crippen molar-refractivity contribution in [2.24, 2.45) is 0 Å². The van der Waals surface area contributed by atoms with Gasteiger partial charge in [-0.05, 0) is 24.0 Å². The number of hydrogen-bond acceptors (Lipinski definition) is 6. The molecule has 2 N–H and O–H groups in total. The van der Waals surface area contributed by atoms with Gasteiger partial charge in [-0.1, -0.05) is 60.7 Å². The lowest BCUT2D eigenvalue weighted by molar-refractivity contribution is -0.139. The molecule has 1 fully saturated rings. The van der Waals surface area contributed by atoms with Crippen LogP contribution in [0.25, 0.3) is 17.1 Å². The third-order valence-electron chi connectivity index (χ3n) is 5.87. The van der Waals surface area contributed by atoms with Gasteiger partial charge in [-0.25, -0.2) is 15.0 Å². The van der Waals surface area contributed by atoms with Crippen molar-refractivity contribution in [1.82, 2.24) is 30.2 Å². The summed E-state index contributed by atoms with van der Waals surface area (Å²) >= 11 is 0. The van der Waals surface area contributed by atoms with Crippen molar-refractivity contribution in [3.8, 4) is 17.1 Å². The second kappa shape index (κ2) is 10.3. The summed E-state index contributed by atoms with van der Waals surface area (Å²) in [4.78, 5) is 51.5. The number of ketones is 1. The summed E-state index contributed by atoms with van der Waals surface area (Å²) in [5.41, 5.74) is 2.78. The van der Waals surface area contributed by atoms with E-state index in [9.17, 15) is 14.4 Å². The maximum Gasteiger partial charge on any atom is 0.289 e. The van der Waals surface area contributed by atoms with E-state index in [1.807, 2.05) is 60.7 Å². The minimum atomic E-state index is -1.04. The van der Waals surface area contributed by atoms with E-state index in [-0.39, 0.29) is 24.1 Å². The number of carbonyl (C=O) groups is 3. The highest BCUT2D eigenvalue weighted by molar-refractivity contribution is 6.38. The third kappa shape index (κ3) is 5.35. The molecule has 0 aliphatic heterocycles. The smallest absolute Gasteiger partial charge is 0.289 e. The van der Waals surface area contributed by atoms with Crippen molar-refractivity contribution in [1.29, 1.82) is 0 Å².